The highest BCUT2D eigenvalue weighted by atomic mass is 127. The van der Waals surface area contributed by atoms with Gasteiger partial charge in [-0.1, -0.05) is 36.8 Å². The Morgan fingerprint density at radius 1 is 1.37 bits per heavy atom. The highest BCUT2D eigenvalue weighted by Gasteiger charge is 2.42. The summed E-state index contributed by atoms with van der Waals surface area (Å²) in [5.74, 6) is 1.57. The zero-order valence-corrected chi connectivity index (χ0v) is 19.1. The number of likely N-dealkylation sites (tertiary alicyclic amines) is 1. The first-order valence-corrected chi connectivity index (χ1v) is 9.88. The third-order valence-electron chi connectivity index (χ3n) is 5.65. The molecule has 2 heterocycles. The van der Waals surface area contributed by atoms with Crippen molar-refractivity contribution in [2.75, 3.05) is 32.7 Å². The van der Waals surface area contributed by atoms with Crippen molar-refractivity contribution in [3.8, 4) is 0 Å². The number of aliphatic imine (C=N–C) groups is 1. The molecule has 5 nitrogen and oxygen atoms in total. The molecule has 0 aliphatic carbocycles. The van der Waals surface area contributed by atoms with E-state index in [1.54, 1.807) is 0 Å². The van der Waals surface area contributed by atoms with Crippen molar-refractivity contribution in [2.45, 2.75) is 46.0 Å². The summed E-state index contributed by atoms with van der Waals surface area (Å²) in [5.41, 5.74) is 2.71. The van der Waals surface area contributed by atoms with Crippen LogP contribution in [0, 0.1) is 12.3 Å². The van der Waals surface area contributed by atoms with Crippen molar-refractivity contribution >= 4 is 35.8 Å². The molecule has 0 aromatic heterocycles. The van der Waals surface area contributed by atoms with Crippen LogP contribution < -0.4 is 10.6 Å². The molecule has 2 unspecified atom stereocenters. The number of hydrogen-bond donors (Lipinski definition) is 2. The molecule has 1 aromatic carbocycles. The predicted molar refractivity (Wildman–Crippen MR) is 122 cm³/mol. The van der Waals surface area contributed by atoms with Crippen molar-refractivity contribution in [1.82, 2.24) is 15.5 Å². The number of guanidine groups is 1. The van der Waals surface area contributed by atoms with E-state index < -0.39 is 0 Å². The standard InChI is InChI=1S/C21H32N4O.HI/c1-4-22-20(23-13-17(3)18-8-6-16(2)7-9-18)25-11-5-10-21(15-25)12-19(26)24-14-21;/h6-9,17H,4-5,10-15H2,1-3H3,(H,22,23)(H,24,26);1H. The molecule has 1 aromatic rings. The lowest BCUT2D eigenvalue weighted by molar-refractivity contribution is -0.119. The maximum absolute atomic E-state index is 11.7. The third kappa shape index (κ3) is 5.59. The molecule has 2 aliphatic rings. The molecular weight excluding hydrogens is 451 g/mol. The summed E-state index contributed by atoms with van der Waals surface area (Å²) in [7, 11) is 0. The van der Waals surface area contributed by atoms with E-state index in [4.69, 9.17) is 4.99 Å². The quantitative estimate of drug-likeness (QED) is 0.392. The first kappa shape index (κ1) is 22.0. The van der Waals surface area contributed by atoms with E-state index in [9.17, 15) is 4.79 Å². The van der Waals surface area contributed by atoms with Gasteiger partial charge in [0.1, 0.15) is 0 Å². The van der Waals surface area contributed by atoms with Crippen LogP contribution in [0.15, 0.2) is 29.3 Å². The van der Waals surface area contributed by atoms with Gasteiger partial charge in [0.25, 0.3) is 0 Å². The number of benzene rings is 1. The van der Waals surface area contributed by atoms with Crippen molar-refractivity contribution in [2.24, 2.45) is 10.4 Å². The molecular formula is C21H33IN4O. The van der Waals surface area contributed by atoms with E-state index in [2.05, 4.69) is 60.6 Å². The van der Waals surface area contributed by atoms with Gasteiger partial charge in [-0.25, -0.2) is 0 Å². The molecule has 2 N–H and O–H groups in total. The minimum atomic E-state index is 0. The Morgan fingerprint density at radius 3 is 2.74 bits per heavy atom. The number of carbonyl (C=O) groups is 1. The number of nitrogens with one attached hydrogen (secondary N) is 2. The average Bonchev–Trinajstić information content (AvgIpc) is 2.98. The summed E-state index contributed by atoms with van der Waals surface area (Å²) in [5, 5.41) is 6.48. The maximum atomic E-state index is 11.7. The molecule has 2 atom stereocenters. The second kappa shape index (κ2) is 9.75. The zero-order valence-electron chi connectivity index (χ0n) is 16.8. The van der Waals surface area contributed by atoms with Gasteiger partial charge >= 0.3 is 0 Å². The third-order valence-corrected chi connectivity index (χ3v) is 5.65. The van der Waals surface area contributed by atoms with Crippen LogP contribution in [-0.2, 0) is 4.79 Å². The van der Waals surface area contributed by atoms with Gasteiger partial charge in [0.05, 0.1) is 0 Å². The van der Waals surface area contributed by atoms with Gasteiger partial charge in [-0.15, -0.1) is 24.0 Å². The van der Waals surface area contributed by atoms with Crippen LogP contribution in [0.5, 0.6) is 0 Å². The summed E-state index contributed by atoms with van der Waals surface area (Å²) in [6.45, 7) is 10.8. The summed E-state index contributed by atoms with van der Waals surface area (Å²) < 4.78 is 0. The number of nitrogens with zero attached hydrogens (tertiary/aromatic N) is 2. The first-order valence-electron chi connectivity index (χ1n) is 9.88. The molecule has 0 radical (unpaired) electrons. The van der Waals surface area contributed by atoms with E-state index in [0.717, 1.165) is 51.5 Å². The second-order valence-corrected chi connectivity index (χ2v) is 7.98. The van der Waals surface area contributed by atoms with Gasteiger partial charge in [-0.2, -0.15) is 0 Å². The van der Waals surface area contributed by atoms with Crippen molar-refractivity contribution in [1.29, 1.82) is 0 Å². The smallest absolute Gasteiger partial charge is 0.220 e. The Bertz CT molecular complexity index is 661. The van der Waals surface area contributed by atoms with E-state index >= 15 is 0 Å². The van der Waals surface area contributed by atoms with Gasteiger partial charge in [0.15, 0.2) is 5.96 Å². The molecule has 1 spiro atoms. The maximum Gasteiger partial charge on any atom is 0.220 e. The van der Waals surface area contributed by atoms with Gasteiger partial charge in [-0.05, 0) is 32.3 Å². The van der Waals surface area contributed by atoms with Crippen LogP contribution in [0.2, 0.25) is 0 Å². The molecule has 1 amide bonds. The predicted octanol–water partition coefficient (Wildman–Crippen LogP) is 3.28. The summed E-state index contributed by atoms with van der Waals surface area (Å²) in [4.78, 5) is 19.0. The van der Waals surface area contributed by atoms with Crippen molar-refractivity contribution < 1.29 is 4.79 Å². The fourth-order valence-corrected chi connectivity index (χ4v) is 4.08. The van der Waals surface area contributed by atoms with E-state index in [1.807, 2.05) is 0 Å². The topological polar surface area (TPSA) is 56.7 Å². The normalized spacial score (nSPS) is 23.7. The lowest BCUT2D eigenvalue weighted by Gasteiger charge is -2.40. The number of aryl methyl sites for hydroxylation is 1. The second-order valence-electron chi connectivity index (χ2n) is 7.98. The largest absolute Gasteiger partial charge is 0.357 e. The number of rotatable bonds is 4. The molecule has 2 saturated heterocycles. The fourth-order valence-electron chi connectivity index (χ4n) is 4.08. The van der Waals surface area contributed by atoms with Crippen LogP contribution in [-0.4, -0.2) is 49.5 Å². The first-order chi connectivity index (χ1) is 12.5. The Balaban J connectivity index is 0.00000261. The molecule has 6 heteroatoms. The highest BCUT2D eigenvalue weighted by Crippen LogP contribution is 2.36. The van der Waals surface area contributed by atoms with E-state index in [1.165, 1.54) is 11.1 Å². The van der Waals surface area contributed by atoms with E-state index in [-0.39, 0.29) is 35.3 Å². The minimum Gasteiger partial charge on any atom is -0.357 e. The zero-order chi connectivity index (χ0) is 18.6. The summed E-state index contributed by atoms with van der Waals surface area (Å²) >= 11 is 0. The average molecular weight is 484 g/mol. The molecule has 2 aliphatic heterocycles. The van der Waals surface area contributed by atoms with Crippen LogP contribution in [0.3, 0.4) is 0 Å². The van der Waals surface area contributed by atoms with Gasteiger partial charge in [0.2, 0.25) is 5.91 Å². The van der Waals surface area contributed by atoms with Gasteiger partial charge in [0, 0.05) is 50.5 Å². The fraction of sp³-hybridized carbons (Fsp3) is 0.619. The molecule has 150 valence electrons. The van der Waals surface area contributed by atoms with Crippen LogP contribution in [0.4, 0.5) is 0 Å². The Hall–Kier alpha value is -1.31. The number of piperidine rings is 1. The molecule has 2 fully saturated rings. The molecule has 0 saturated carbocycles. The lowest BCUT2D eigenvalue weighted by Crippen LogP contribution is -2.51. The Morgan fingerprint density at radius 2 is 2.11 bits per heavy atom. The van der Waals surface area contributed by atoms with Crippen molar-refractivity contribution in [3.63, 3.8) is 0 Å². The SMILES string of the molecule is CCNC(=NCC(C)c1ccc(C)cc1)N1CCCC2(CNC(=O)C2)C1.I. The minimum absolute atomic E-state index is 0. The van der Waals surface area contributed by atoms with Crippen LogP contribution in [0.25, 0.3) is 0 Å². The van der Waals surface area contributed by atoms with E-state index in [0.29, 0.717) is 12.3 Å². The summed E-state index contributed by atoms with van der Waals surface area (Å²) in [6, 6.07) is 8.74. The van der Waals surface area contributed by atoms with Crippen molar-refractivity contribution in [3.05, 3.63) is 35.4 Å². The number of carbonyl (C=O) groups excluding carboxylic acids is 1. The Labute approximate surface area is 180 Å². The van der Waals surface area contributed by atoms with Gasteiger partial charge in [-0.3, -0.25) is 9.79 Å². The molecule has 0 bridgehead atoms. The summed E-state index contributed by atoms with van der Waals surface area (Å²) in [6.07, 6.45) is 2.90. The number of halogens is 1. The monoisotopic (exact) mass is 484 g/mol. The Kier molecular flexibility index (Phi) is 7.94. The van der Waals surface area contributed by atoms with Crippen LogP contribution >= 0.6 is 24.0 Å². The highest BCUT2D eigenvalue weighted by molar-refractivity contribution is 14.0. The number of amides is 1. The molecule has 27 heavy (non-hydrogen) atoms. The number of hydrogen-bond acceptors (Lipinski definition) is 2. The van der Waals surface area contributed by atoms with Crippen LogP contribution in [0.1, 0.15) is 50.2 Å². The van der Waals surface area contributed by atoms with Gasteiger partial charge < -0.3 is 15.5 Å². The molecule has 3 rings (SSSR count). The lowest BCUT2D eigenvalue weighted by atomic mass is 9.79.